The number of hydrogen-bond acceptors (Lipinski definition) is 8. The number of nitriles is 1. The molecular formula is C21H24N6O2. The molecule has 8 nitrogen and oxygen atoms in total. The molecule has 0 spiro atoms. The minimum atomic E-state index is 0.324. The minimum absolute atomic E-state index is 0.324. The molecule has 2 saturated heterocycles. The van der Waals surface area contributed by atoms with Crippen LogP contribution in [0.15, 0.2) is 18.5 Å². The Kier molecular flexibility index (Phi) is 4.92. The molecule has 150 valence electrons. The van der Waals surface area contributed by atoms with Gasteiger partial charge in [0.1, 0.15) is 30.6 Å². The number of rotatable bonds is 2. The van der Waals surface area contributed by atoms with E-state index in [0.717, 1.165) is 61.9 Å². The third-order valence-corrected chi connectivity index (χ3v) is 5.89. The molecular weight excluding hydrogens is 368 g/mol. The third kappa shape index (κ3) is 3.48. The number of nitrogens with one attached hydrogen (secondary N) is 2. The highest BCUT2D eigenvalue weighted by atomic mass is 16.5. The zero-order valence-electron chi connectivity index (χ0n) is 16.3. The van der Waals surface area contributed by atoms with Gasteiger partial charge in [0.15, 0.2) is 5.75 Å². The average molecular weight is 392 g/mol. The summed E-state index contributed by atoms with van der Waals surface area (Å²) < 4.78 is 11.6. The molecule has 3 aliphatic rings. The number of morpholine rings is 1. The number of benzene rings is 1. The van der Waals surface area contributed by atoms with Crippen molar-refractivity contribution in [1.29, 1.82) is 5.26 Å². The molecule has 0 radical (unpaired) electrons. The highest BCUT2D eigenvalue weighted by Gasteiger charge is 2.26. The lowest BCUT2D eigenvalue weighted by Gasteiger charge is -2.29. The molecule has 4 heterocycles. The van der Waals surface area contributed by atoms with E-state index >= 15 is 0 Å². The van der Waals surface area contributed by atoms with Gasteiger partial charge in [0.05, 0.1) is 30.0 Å². The second kappa shape index (κ2) is 7.85. The molecule has 2 N–H and O–H groups in total. The topological polar surface area (TPSA) is 95.3 Å². The first-order valence-electron chi connectivity index (χ1n) is 10.2. The van der Waals surface area contributed by atoms with Gasteiger partial charge in [-0.1, -0.05) is 0 Å². The summed E-state index contributed by atoms with van der Waals surface area (Å²) in [5.74, 6) is 2.66. The van der Waals surface area contributed by atoms with Crippen LogP contribution in [0, 0.1) is 11.3 Å². The SMILES string of the molecule is N#Cc1cc(C2CCNCC2)cc2c1OCc1c(ncnc1N1CCOCC1)N2. The number of hydrogen-bond donors (Lipinski definition) is 2. The second-order valence-electron chi connectivity index (χ2n) is 7.62. The normalized spacial score (nSPS) is 19.2. The van der Waals surface area contributed by atoms with Crippen molar-refractivity contribution in [2.24, 2.45) is 0 Å². The smallest absolute Gasteiger partial charge is 0.161 e. The molecule has 0 bridgehead atoms. The molecule has 0 amide bonds. The molecule has 0 unspecified atom stereocenters. The van der Waals surface area contributed by atoms with Crippen molar-refractivity contribution < 1.29 is 9.47 Å². The Labute approximate surface area is 169 Å². The fourth-order valence-corrected chi connectivity index (χ4v) is 4.34. The lowest BCUT2D eigenvalue weighted by Crippen LogP contribution is -2.37. The van der Waals surface area contributed by atoms with Gasteiger partial charge in [0.25, 0.3) is 0 Å². The van der Waals surface area contributed by atoms with Crippen LogP contribution in [0.2, 0.25) is 0 Å². The van der Waals surface area contributed by atoms with Crippen LogP contribution in [-0.2, 0) is 11.3 Å². The van der Waals surface area contributed by atoms with Gasteiger partial charge in [-0.05, 0) is 49.5 Å². The minimum Gasteiger partial charge on any atom is -0.485 e. The first-order valence-corrected chi connectivity index (χ1v) is 10.2. The van der Waals surface area contributed by atoms with Crippen LogP contribution >= 0.6 is 0 Å². The summed E-state index contributed by atoms with van der Waals surface area (Å²) in [4.78, 5) is 11.2. The van der Waals surface area contributed by atoms with Crippen molar-refractivity contribution in [3.05, 3.63) is 35.2 Å². The van der Waals surface area contributed by atoms with Gasteiger partial charge in [-0.25, -0.2) is 9.97 Å². The highest BCUT2D eigenvalue weighted by molar-refractivity contribution is 5.74. The van der Waals surface area contributed by atoms with E-state index in [1.54, 1.807) is 6.33 Å². The van der Waals surface area contributed by atoms with E-state index in [1.165, 1.54) is 5.56 Å². The first kappa shape index (κ1) is 18.2. The maximum atomic E-state index is 9.76. The Hall–Kier alpha value is -2.89. The average Bonchev–Trinajstić information content (AvgIpc) is 2.98. The standard InChI is InChI=1S/C21H24N6O2/c22-11-16-9-15(14-1-3-23-4-2-14)10-18-19(16)29-12-17-20(26-18)24-13-25-21(17)27-5-7-28-8-6-27/h9-10,13-14,23H,1-8,12H2,(H,24,25,26). The van der Waals surface area contributed by atoms with Crippen LogP contribution in [0.3, 0.4) is 0 Å². The molecule has 1 aromatic carbocycles. The maximum Gasteiger partial charge on any atom is 0.161 e. The van der Waals surface area contributed by atoms with E-state index in [-0.39, 0.29) is 0 Å². The van der Waals surface area contributed by atoms with Crippen molar-refractivity contribution in [3.63, 3.8) is 0 Å². The maximum absolute atomic E-state index is 9.76. The Balaban J connectivity index is 1.52. The molecule has 8 heteroatoms. The Morgan fingerprint density at radius 1 is 1.14 bits per heavy atom. The number of anilines is 3. The van der Waals surface area contributed by atoms with E-state index in [1.807, 2.05) is 6.07 Å². The highest BCUT2D eigenvalue weighted by Crippen LogP contribution is 2.41. The van der Waals surface area contributed by atoms with E-state index in [9.17, 15) is 5.26 Å². The summed E-state index contributed by atoms with van der Waals surface area (Å²) >= 11 is 0. The zero-order valence-corrected chi connectivity index (χ0v) is 16.3. The molecule has 0 atom stereocenters. The van der Waals surface area contributed by atoms with Crippen LogP contribution in [-0.4, -0.2) is 49.4 Å². The quantitative estimate of drug-likeness (QED) is 0.804. The van der Waals surface area contributed by atoms with Gasteiger partial charge in [-0.3, -0.25) is 0 Å². The molecule has 2 fully saturated rings. The molecule has 29 heavy (non-hydrogen) atoms. The Bertz CT molecular complexity index is 945. The Morgan fingerprint density at radius 3 is 2.76 bits per heavy atom. The summed E-state index contributed by atoms with van der Waals surface area (Å²) in [6, 6.07) is 6.43. The van der Waals surface area contributed by atoms with Crippen molar-refractivity contribution in [1.82, 2.24) is 15.3 Å². The summed E-state index contributed by atoms with van der Waals surface area (Å²) in [7, 11) is 0. The van der Waals surface area contributed by atoms with Crippen LogP contribution in [0.5, 0.6) is 5.75 Å². The van der Waals surface area contributed by atoms with Crippen molar-refractivity contribution in [2.75, 3.05) is 49.6 Å². The Morgan fingerprint density at radius 2 is 1.97 bits per heavy atom. The van der Waals surface area contributed by atoms with Crippen molar-refractivity contribution >= 4 is 17.3 Å². The van der Waals surface area contributed by atoms with E-state index in [0.29, 0.717) is 37.1 Å². The molecule has 1 aromatic heterocycles. The number of piperidine rings is 1. The van der Waals surface area contributed by atoms with Gasteiger partial charge >= 0.3 is 0 Å². The summed E-state index contributed by atoms with van der Waals surface area (Å²) in [5, 5.41) is 16.6. The van der Waals surface area contributed by atoms with Crippen LogP contribution in [0.25, 0.3) is 0 Å². The molecule has 5 rings (SSSR count). The van der Waals surface area contributed by atoms with E-state index < -0.39 is 0 Å². The van der Waals surface area contributed by atoms with E-state index in [2.05, 4.69) is 37.6 Å². The van der Waals surface area contributed by atoms with E-state index in [4.69, 9.17) is 9.47 Å². The van der Waals surface area contributed by atoms with Crippen LogP contribution in [0.4, 0.5) is 17.3 Å². The fourth-order valence-electron chi connectivity index (χ4n) is 4.34. The van der Waals surface area contributed by atoms with Gasteiger partial charge < -0.3 is 25.0 Å². The van der Waals surface area contributed by atoms with Gasteiger partial charge in [-0.2, -0.15) is 5.26 Å². The first-order chi connectivity index (χ1) is 14.3. The number of fused-ring (bicyclic) bond motifs is 2. The van der Waals surface area contributed by atoms with Gasteiger partial charge in [0, 0.05) is 13.1 Å². The predicted octanol–water partition coefficient (Wildman–Crippen LogP) is 2.29. The van der Waals surface area contributed by atoms with Gasteiger partial charge in [0.2, 0.25) is 0 Å². The van der Waals surface area contributed by atoms with Crippen molar-refractivity contribution in [3.8, 4) is 11.8 Å². The number of ether oxygens (including phenoxy) is 2. The largest absolute Gasteiger partial charge is 0.485 e. The monoisotopic (exact) mass is 392 g/mol. The third-order valence-electron chi connectivity index (χ3n) is 5.89. The fraction of sp³-hybridized carbons (Fsp3) is 0.476. The number of aromatic nitrogens is 2. The predicted molar refractivity (Wildman–Crippen MR) is 109 cm³/mol. The van der Waals surface area contributed by atoms with Gasteiger partial charge in [-0.15, -0.1) is 0 Å². The van der Waals surface area contributed by atoms with Crippen molar-refractivity contribution in [2.45, 2.75) is 25.4 Å². The lowest BCUT2D eigenvalue weighted by atomic mass is 9.89. The lowest BCUT2D eigenvalue weighted by molar-refractivity contribution is 0.122. The molecule has 0 aliphatic carbocycles. The summed E-state index contributed by atoms with van der Waals surface area (Å²) in [5.41, 5.74) is 3.47. The van der Waals surface area contributed by atoms with Crippen LogP contribution in [0.1, 0.15) is 35.4 Å². The number of nitrogens with zero attached hydrogens (tertiary/aromatic N) is 4. The van der Waals surface area contributed by atoms with Crippen LogP contribution < -0.4 is 20.3 Å². The second-order valence-corrected chi connectivity index (χ2v) is 7.62. The zero-order chi connectivity index (χ0) is 19.6. The molecule has 2 aromatic rings. The molecule has 0 saturated carbocycles. The summed E-state index contributed by atoms with van der Waals surface area (Å²) in [6.45, 7) is 5.29. The molecule has 3 aliphatic heterocycles. The summed E-state index contributed by atoms with van der Waals surface area (Å²) in [6.07, 6.45) is 3.73.